The molecule has 1 heterocycles. The Morgan fingerprint density at radius 1 is 1.03 bits per heavy atom. The molecule has 1 aromatic carbocycles. The molecule has 35 heavy (non-hydrogen) atoms. The Morgan fingerprint density at radius 3 is 2.43 bits per heavy atom. The van der Waals surface area contributed by atoms with Gasteiger partial charge in [0.15, 0.2) is 11.5 Å². The Hall–Kier alpha value is -2.78. The molecule has 3 amide bonds. The van der Waals surface area contributed by atoms with Gasteiger partial charge in [-0.15, -0.1) is 11.3 Å². The van der Waals surface area contributed by atoms with E-state index in [0.29, 0.717) is 50.7 Å². The van der Waals surface area contributed by atoms with Crippen molar-refractivity contribution in [2.24, 2.45) is 0 Å². The van der Waals surface area contributed by atoms with E-state index in [-0.39, 0.29) is 18.5 Å². The quantitative estimate of drug-likeness (QED) is 0.369. The lowest BCUT2D eigenvalue weighted by Crippen LogP contribution is -2.48. The third kappa shape index (κ3) is 9.07. The van der Waals surface area contributed by atoms with Crippen LogP contribution >= 0.6 is 11.3 Å². The summed E-state index contributed by atoms with van der Waals surface area (Å²) >= 11 is 1.64. The molecule has 8 nitrogen and oxygen atoms in total. The highest BCUT2D eigenvalue weighted by Gasteiger charge is 2.22. The Labute approximate surface area is 213 Å². The van der Waals surface area contributed by atoms with Gasteiger partial charge in [-0.3, -0.25) is 4.79 Å². The van der Waals surface area contributed by atoms with Crippen LogP contribution in [0.4, 0.5) is 4.79 Å². The van der Waals surface area contributed by atoms with E-state index >= 15 is 0 Å². The molecule has 0 fully saturated rings. The monoisotopic (exact) mass is 505 g/mol. The second kappa shape index (κ2) is 15.3. The summed E-state index contributed by atoms with van der Waals surface area (Å²) in [7, 11) is 4.80. The minimum Gasteiger partial charge on any atom is -0.493 e. The highest BCUT2D eigenvalue weighted by Crippen LogP contribution is 2.28. The maximum atomic E-state index is 13.5. The largest absolute Gasteiger partial charge is 0.493 e. The molecule has 0 aliphatic rings. The number of hydrogen-bond acceptors (Lipinski definition) is 6. The zero-order chi connectivity index (χ0) is 25.6. The lowest BCUT2D eigenvalue weighted by atomic mass is 10.1. The van der Waals surface area contributed by atoms with Crippen LogP contribution in [0, 0.1) is 6.92 Å². The van der Waals surface area contributed by atoms with E-state index < -0.39 is 0 Å². The van der Waals surface area contributed by atoms with Crippen molar-refractivity contribution in [1.82, 2.24) is 15.1 Å². The predicted molar refractivity (Wildman–Crippen MR) is 139 cm³/mol. The van der Waals surface area contributed by atoms with Crippen molar-refractivity contribution >= 4 is 23.3 Å². The minimum absolute atomic E-state index is 0.00231. The number of unbranched alkanes of at least 4 members (excludes halogenated alkanes) is 1. The Kier molecular flexibility index (Phi) is 12.4. The summed E-state index contributed by atoms with van der Waals surface area (Å²) in [5.41, 5.74) is 2.20. The van der Waals surface area contributed by atoms with Crippen molar-refractivity contribution in [3.63, 3.8) is 0 Å². The highest BCUT2D eigenvalue weighted by molar-refractivity contribution is 7.10. The lowest BCUT2D eigenvalue weighted by Gasteiger charge is -2.28. The van der Waals surface area contributed by atoms with Gasteiger partial charge < -0.3 is 29.3 Å². The molecule has 2 aromatic rings. The van der Waals surface area contributed by atoms with Gasteiger partial charge in [0, 0.05) is 31.6 Å². The summed E-state index contributed by atoms with van der Waals surface area (Å²) < 4.78 is 15.9. The zero-order valence-corrected chi connectivity index (χ0v) is 22.4. The van der Waals surface area contributed by atoms with Crippen LogP contribution in [0.15, 0.2) is 29.6 Å². The zero-order valence-electron chi connectivity index (χ0n) is 21.6. The molecule has 194 valence electrons. The molecule has 0 saturated heterocycles. The normalized spacial score (nSPS) is 10.7. The summed E-state index contributed by atoms with van der Waals surface area (Å²) in [4.78, 5) is 30.7. The smallest absolute Gasteiger partial charge is 0.317 e. The fourth-order valence-corrected chi connectivity index (χ4v) is 4.45. The minimum atomic E-state index is -0.240. The van der Waals surface area contributed by atoms with E-state index in [1.54, 1.807) is 32.7 Å². The second-order valence-corrected chi connectivity index (χ2v) is 9.28. The predicted octanol–water partition coefficient (Wildman–Crippen LogP) is 4.10. The average Bonchev–Trinajstić information content (AvgIpc) is 3.27. The first-order valence-corrected chi connectivity index (χ1v) is 12.8. The Bertz CT molecular complexity index is 933. The van der Waals surface area contributed by atoms with Crippen molar-refractivity contribution < 1.29 is 23.8 Å². The summed E-state index contributed by atoms with van der Waals surface area (Å²) in [6.45, 7) is 6.44. The molecule has 0 saturated carbocycles. The number of ether oxygens (including phenoxy) is 3. The molecule has 0 radical (unpaired) electrons. The molecule has 2 rings (SSSR count). The SMILES string of the molecule is CCCCNC(=O)N(CCOC)CC(=O)N(CCc1ccc(OC)c(OC)c1)Cc1sccc1C. The molecular formula is C26H39N3O5S. The summed E-state index contributed by atoms with van der Waals surface area (Å²) in [5.74, 6) is 1.23. The third-order valence-electron chi connectivity index (χ3n) is 5.76. The number of carbonyl (C=O) groups is 2. The average molecular weight is 506 g/mol. The Morgan fingerprint density at radius 2 is 1.80 bits per heavy atom. The van der Waals surface area contributed by atoms with Crippen LogP contribution in [0.1, 0.15) is 35.8 Å². The number of hydrogen-bond donors (Lipinski definition) is 1. The Balaban J connectivity index is 2.15. The van der Waals surface area contributed by atoms with E-state index in [1.807, 2.05) is 28.5 Å². The number of urea groups is 1. The van der Waals surface area contributed by atoms with E-state index in [9.17, 15) is 9.59 Å². The molecule has 1 N–H and O–H groups in total. The molecule has 0 unspecified atom stereocenters. The molecule has 0 aliphatic carbocycles. The van der Waals surface area contributed by atoms with Gasteiger partial charge in [-0.2, -0.15) is 0 Å². The van der Waals surface area contributed by atoms with Gasteiger partial charge in [0.05, 0.1) is 27.4 Å². The number of nitrogens with zero attached hydrogens (tertiary/aromatic N) is 2. The maximum absolute atomic E-state index is 13.5. The second-order valence-electron chi connectivity index (χ2n) is 8.28. The van der Waals surface area contributed by atoms with Gasteiger partial charge in [0.25, 0.3) is 0 Å². The summed E-state index contributed by atoms with van der Waals surface area (Å²) in [6, 6.07) is 7.60. The van der Waals surface area contributed by atoms with Gasteiger partial charge >= 0.3 is 6.03 Å². The van der Waals surface area contributed by atoms with Crippen LogP contribution in [-0.2, 0) is 22.5 Å². The van der Waals surface area contributed by atoms with Crippen LogP contribution in [0.2, 0.25) is 0 Å². The van der Waals surface area contributed by atoms with Crippen molar-refractivity contribution in [3.05, 3.63) is 45.6 Å². The van der Waals surface area contributed by atoms with Crippen molar-refractivity contribution in [2.75, 3.05) is 54.1 Å². The van der Waals surface area contributed by atoms with E-state index in [1.165, 1.54) is 4.90 Å². The maximum Gasteiger partial charge on any atom is 0.317 e. The fraction of sp³-hybridized carbons (Fsp3) is 0.538. The molecule has 0 atom stereocenters. The molecule has 9 heteroatoms. The topological polar surface area (TPSA) is 80.3 Å². The fourth-order valence-electron chi connectivity index (χ4n) is 3.53. The number of benzene rings is 1. The highest BCUT2D eigenvalue weighted by atomic mass is 32.1. The molecule has 1 aromatic heterocycles. The van der Waals surface area contributed by atoms with Crippen LogP contribution in [0.5, 0.6) is 11.5 Å². The van der Waals surface area contributed by atoms with Crippen LogP contribution < -0.4 is 14.8 Å². The molecule has 0 bridgehead atoms. The molecular weight excluding hydrogens is 466 g/mol. The summed E-state index contributed by atoms with van der Waals surface area (Å²) in [6.07, 6.45) is 2.53. The van der Waals surface area contributed by atoms with Gasteiger partial charge in [-0.25, -0.2) is 4.79 Å². The number of amides is 3. The van der Waals surface area contributed by atoms with E-state index in [2.05, 4.69) is 25.2 Å². The molecule has 0 spiro atoms. The van der Waals surface area contributed by atoms with Gasteiger partial charge in [-0.1, -0.05) is 19.4 Å². The van der Waals surface area contributed by atoms with Gasteiger partial charge in [0.2, 0.25) is 5.91 Å². The van der Waals surface area contributed by atoms with Crippen molar-refractivity contribution in [3.8, 4) is 11.5 Å². The first-order valence-electron chi connectivity index (χ1n) is 12.0. The first-order chi connectivity index (χ1) is 16.9. The summed E-state index contributed by atoms with van der Waals surface area (Å²) in [5, 5.41) is 4.95. The number of carbonyl (C=O) groups excluding carboxylic acids is 2. The van der Waals surface area contributed by atoms with Crippen molar-refractivity contribution in [2.45, 2.75) is 39.7 Å². The standard InChI is InChI=1S/C26H39N3O5S/c1-6-7-12-27-26(31)29(14-15-32-3)19-25(30)28(18-24-20(2)11-16-35-24)13-10-21-8-9-22(33-4)23(17-21)34-5/h8-9,11,16-17H,6-7,10,12-15,18-19H2,1-5H3,(H,27,31). The van der Waals surface area contributed by atoms with Crippen LogP contribution in [0.25, 0.3) is 0 Å². The van der Waals surface area contributed by atoms with Crippen molar-refractivity contribution in [1.29, 1.82) is 0 Å². The van der Waals surface area contributed by atoms with E-state index in [4.69, 9.17) is 14.2 Å². The van der Waals surface area contributed by atoms with Gasteiger partial charge in [0.1, 0.15) is 6.54 Å². The number of methoxy groups -OCH3 is 3. The van der Waals surface area contributed by atoms with E-state index in [0.717, 1.165) is 28.8 Å². The number of rotatable bonds is 15. The van der Waals surface area contributed by atoms with Crippen LogP contribution in [0.3, 0.4) is 0 Å². The van der Waals surface area contributed by atoms with Gasteiger partial charge in [-0.05, 0) is 54.5 Å². The first kappa shape index (κ1) is 28.5. The number of aryl methyl sites for hydroxylation is 1. The third-order valence-corrected chi connectivity index (χ3v) is 6.77. The number of thiophene rings is 1. The number of nitrogens with one attached hydrogen (secondary N) is 1. The molecule has 0 aliphatic heterocycles. The van der Waals surface area contributed by atoms with Crippen LogP contribution in [-0.4, -0.2) is 75.9 Å². The lowest BCUT2D eigenvalue weighted by molar-refractivity contribution is -0.132.